The van der Waals surface area contributed by atoms with E-state index in [9.17, 15) is 0 Å². The molecule has 0 nitrogen and oxygen atoms in total. The molecule has 0 aliphatic heterocycles. The SMILES string of the molecule is Cc1ccc(-c2c(CF)c(-c3cccc(C)c3)c(-c3ccccc3)c(C)c2-c2cc(C)ccc2F)cc1. The minimum atomic E-state index is -0.674. The van der Waals surface area contributed by atoms with E-state index >= 15 is 8.78 Å². The van der Waals surface area contributed by atoms with Gasteiger partial charge in [-0.05, 0) is 89.9 Å². The summed E-state index contributed by atoms with van der Waals surface area (Å²) >= 11 is 0. The van der Waals surface area contributed by atoms with E-state index in [4.69, 9.17) is 0 Å². The van der Waals surface area contributed by atoms with E-state index < -0.39 is 6.67 Å². The van der Waals surface area contributed by atoms with Gasteiger partial charge in [-0.3, -0.25) is 0 Å². The van der Waals surface area contributed by atoms with Crippen molar-refractivity contribution in [1.29, 1.82) is 0 Å². The van der Waals surface area contributed by atoms with E-state index in [1.807, 2.05) is 107 Å². The second-order valence-corrected chi connectivity index (χ2v) is 9.82. The van der Waals surface area contributed by atoms with Crippen LogP contribution in [0.15, 0.2) is 97.1 Å². The summed E-state index contributed by atoms with van der Waals surface area (Å²) in [5.74, 6) is -0.311. The first-order chi connectivity index (χ1) is 17.9. The van der Waals surface area contributed by atoms with Crippen molar-refractivity contribution in [3.8, 4) is 44.5 Å². The Balaban J connectivity index is 2.03. The zero-order valence-corrected chi connectivity index (χ0v) is 21.7. The van der Waals surface area contributed by atoms with E-state index in [0.717, 1.165) is 61.2 Å². The number of halogens is 2. The van der Waals surface area contributed by atoms with Gasteiger partial charge in [0.05, 0.1) is 0 Å². The standard InChI is InChI=1S/C35H30F2/c1-22-13-16-27(17-14-22)34-30(21-36)35(28-12-8-9-23(2)19-28)32(26-10-6-5-7-11-26)25(4)33(34)29-20-24(3)15-18-31(29)37/h5-20H,21H2,1-4H3. The molecule has 5 aromatic carbocycles. The van der Waals surface area contributed by atoms with Crippen molar-refractivity contribution in [3.05, 3.63) is 131 Å². The zero-order chi connectivity index (χ0) is 26.1. The summed E-state index contributed by atoms with van der Waals surface area (Å²) in [6, 6.07) is 31.5. The highest BCUT2D eigenvalue weighted by atomic mass is 19.1. The average Bonchev–Trinajstić information content (AvgIpc) is 2.90. The van der Waals surface area contributed by atoms with E-state index in [1.165, 1.54) is 6.07 Å². The fraction of sp³-hybridized carbons (Fsp3) is 0.143. The molecule has 0 amide bonds. The molecule has 0 radical (unpaired) electrons. The summed E-state index contributed by atoms with van der Waals surface area (Å²) < 4.78 is 31.0. The van der Waals surface area contributed by atoms with Crippen LogP contribution >= 0.6 is 0 Å². The lowest BCUT2D eigenvalue weighted by molar-refractivity contribution is 0.487. The molecule has 0 heterocycles. The maximum Gasteiger partial charge on any atom is 0.131 e. The van der Waals surface area contributed by atoms with Gasteiger partial charge in [0.15, 0.2) is 0 Å². The first-order valence-electron chi connectivity index (χ1n) is 12.6. The van der Waals surface area contributed by atoms with Crippen LogP contribution in [0.4, 0.5) is 8.78 Å². The third-order valence-electron chi connectivity index (χ3n) is 7.09. The summed E-state index contributed by atoms with van der Waals surface area (Å²) in [6.07, 6.45) is 0. The Bertz CT molecular complexity index is 1580. The first kappa shape index (κ1) is 24.6. The van der Waals surface area contributed by atoms with Crippen LogP contribution in [0.3, 0.4) is 0 Å². The summed E-state index contributed by atoms with van der Waals surface area (Å²) in [5.41, 5.74) is 11.3. The maximum atomic E-state index is 15.5. The monoisotopic (exact) mass is 488 g/mol. The molecule has 0 aromatic heterocycles. The Kier molecular flexibility index (Phi) is 6.76. The molecular formula is C35H30F2. The molecule has 0 saturated heterocycles. The molecule has 0 N–H and O–H groups in total. The van der Waals surface area contributed by atoms with E-state index in [-0.39, 0.29) is 5.82 Å². The molecule has 184 valence electrons. The highest BCUT2D eigenvalue weighted by molar-refractivity contribution is 6.01. The molecule has 5 aromatic rings. The number of aryl methyl sites for hydroxylation is 3. The van der Waals surface area contributed by atoms with Gasteiger partial charge in [0.1, 0.15) is 12.5 Å². The van der Waals surface area contributed by atoms with E-state index in [2.05, 4.69) is 6.07 Å². The highest BCUT2D eigenvalue weighted by Crippen LogP contribution is 2.49. The molecule has 0 saturated carbocycles. The largest absolute Gasteiger partial charge is 0.246 e. The Morgan fingerprint density at radius 2 is 1.11 bits per heavy atom. The van der Waals surface area contributed by atoms with E-state index in [1.54, 1.807) is 6.07 Å². The van der Waals surface area contributed by atoms with Crippen LogP contribution in [-0.4, -0.2) is 0 Å². The van der Waals surface area contributed by atoms with Crippen molar-refractivity contribution in [3.63, 3.8) is 0 Å². The fourth-order valence-corrected chi connectivity index (χ4v) is 5.35. The van der Waals surface area contributed by atoms with Crippen LogP contribution in [0.5, 0.6) is 0 Å². The summed E-state index contributed by atoms with van der Waals surface area (Å²) in [4.78, 5) is 0. The van der Waals surface area contributed by atoms with E-state index in [0.29, 0.717) is 11.1 Å². The molecule has 37 heavy (non-hydrogen) atoms. The van der Waals surface area contributed by atoms with Crippen molar-refractivity contribution in [1.82, 2.24) is 0 Å². The number of hydrogen-bond acceptors (Lipinski definition) is 0. The molecule has 0 fully saturated rings. The summed E-state index contributed by atoms with van der Waals surface area (Å²) in [7, 11) is 0. The van der Waals surface area contributed by atoms with Crippen molar-refractivity contribution in [2.24, 2.45) is 0 Å². The van der Waals surface area contributed by atoms with Gasteiger partial charge in [-0.1, -0.05) is 102 Å². The van der Waals surface area contributed by atoms with Crippen molar-refractivity contribution >= 4 is 0 Å². The predicted molar refractivity (Wildman–Crippen MR) is 152 cm³/mol. The molecule has 0 atom stereocenters. The Hall–Kier alpha value is -4.04. The first-order valence-corrected chi connectivity index (χ1v) is 12.6. The van der Waals surface area contributed by atoms with Crippen molar-refractivity contribution in [2.75, 3.05) is 0 Å². The number of rotatable bonds is 5. The Morgan fingerprint density at radius 3 is 1.78 bits per heavy atom. The maximum absolute atomic E-state index is 15.5. The molecular weight excluding hydrogens is 458 g/mol. The zero-order valence-electron chi connectivity index (χ0n) is 21.7. The second-order valence-electron chi connectivity index (χ2n) is 9.82. The van der Waals surface area contributed by atoms with Crippen molar-refractivity contribution in [2.45, 2.75) is 34.4 Å². The van der Waals surface area contributed by atoms with Crippen molar-refractivity contribution < 1.29 is 8.78 Å². The van der Waals surface area contributed by atoms with Gasteiger partial charge >= 0.3 is 0 Å². The molecule has 0 unspecified atom stereocenters. The lowest BCUT2D eigenvalue weighted by Gasteiger charge is -2.26. The smallest absolute Gasteiger partial charge is 0.131 e. The van der Waals surface area contributed by atoms with Gasteiger partial charge in [0.25, 0.3) is 0 Å². The lowest BCUT2D eigenvalue weighted by Crippen LogP contribution is -2.04. The van der Waals surface area contributed by atoms with Gasteiger partial charge in [0.2, 0.25) is 0 Å². The molecule has 2 heteroatoms. The van der Waals surface area contributed by atoms with Crippen LogP contribution in [0.2, 0.25) is 0 Å². The third-order valence-corrected chi connectivity index (χ3v) is 7.09. The quantitative estimate of drug-likeness (QED) is 0.231. The van der Waals surface area contributed by atoms with Crippen LogP contribution in [0.1, 0.15) is 27.8 Å². The third kappa shape index (κ3) is 4.60. The van der Waals surface area contributed by atoms with Crippen LogP contribution in [-0.2, 0) is 6.67 Å². The van der Waals surface area contributed by atoms with Gasteiger partial charge in [0, 0.05) is 5.56 Å². The molecule has 0 aliphatic rings. The second kappa shape index (κ2) is 10.1. The van der Waals surface area contributed by atoms with Crippen LogP contribution in [0.25, 0.3) is 44.5 Å². The molecule has 0 spiro atoms. The number of hydrogen-bond donors (Lipinski definition) is 0. The Morgan fingerprint density at radius 1 is 0.514 bits per heavy atom. The lowest BCUT2D eigenvalue weighted by atomic mass is 9.77. The highest BCUT2D eigenvalue weighted by Gasteiger charge is 2.26. The van der Waals surface area contributed by atoms with Gasteiger partial charge in [-0.2, -0.15) is 0 Å². The molecule has 0 aliphatic carbocycles. The fourth-order valence-electron chi connectivity index (χ4n) is 5.35. The Labute approximate surface area is 218 Å². The number of alkyl halides is 1. The molecule has 5 rings (SSSR count). The van der Waals surface area contributed by atoms with Gasteiger partial charge in [-0.25, -0.2) is 8.78 Å². The summed E-state index contributed by atoms with van der Waals surface area (Å²) in [5, 5.41) is 0. The van der Waals surface area contributed by atoms with Gasteiger partial charge < -0.3 is 0 Å². The predicted octanol–water partition coefficient (Wildman–Crippen LogP) is 10.2. The average molecular weight is 489 g/mol. The van der Waals surface area contributed by atoms with Crippen LogP contribution < -0.4 is 0 Å². The van der Waals surface area contributed by atoms with Gasteiger partial charge in [-0.15, -0.1) is 0 Å². The topological polar surface area (TPSA) is 0 Å². The van der Waals surface area contributed by atoms with Crippen LogP contribution in [0, 0.1) is 33.5 Å². The normalized spacial score (nSPS) is 11.1. The minimum absolute atomic E-state index is 0.311. The summed E-state index contributed by atoms with van der Waals surface area (Å²) in [6.45, 7) is 7.40. The minimum Gasteiger partial charge on any atom is -0.246 e. The number of benzene rings is 5. The molecule has 0 bridgehead atoms.